The molecule has 0 saturated heterocycles. The van der Waals surface area contributed by atoms with Crippen LogP contribution in [0.5, 0.6) is 0 Å². The van der Waals surface area contributed by atoms with E-state index in [1.165, 1.54) is 11.3 Å². The molecule has 3 N–H and O–H groups in total. The Labute approximate surface area is 144 Å². The van der Waals surface area contributed by atoms with Crippen molar-refractivity contribution in [1.29, 1.82) is 0 Å². The Balaban J connectivity index is 1.94. The molecule has 0 radical (unpaired) electrons. The van der Waals surface area contributed by atoms with Gasteiger partial charge in [0.1, 0.15) is 0 Å². The molecule has 0 aliphatic rings. The van der Waals surface area contributed by atoms with Crippen molar-refractivity contribution in [3.05, 3.63) is 56.7 Å². The molecule has 0 bridgehead atoms. The summed E-state index contributed by atoms with van der Waals surface area (Å²) in [6.45, 7) is 3.36. The van der Waals surface area contributed by atoms with Crippen LogP contribution in [0.15, 0.2) is 36.4 Å². The van der Waals surface area contributed by atoms with Gasteiger partial charge in [0.05, 0.1) is 10.9 Å². The van der Waals surface area contributed by atoms with E-state index in [9.17, 15) is 9.59 Å². The van der Waals surface area contributed by atoms with Crippen LogP contribution in [0.4, 0.5) is 4.79 Å². The molecule has 7 heteroatoms. The summed E-state index contributed by atoms with van der Waals surface area (Å²) in [7, 11) is 0. The van der Waals surface area contributed by atoms with Gasteiger partial charge in [-0.1, -0.05) is 23.7 Å². The second kappa shape index (κ2) is 7.99. The SMILES string of the molecule is CCN(Cc1ccc(Cl)s1)C(=O)NCc1cccc(C(N)=O)c1. The number of thiophene rings is 1. The first-order chi connectivity index (χ1) is 11.0. The molecular weight excluding hydrogens is 334 g/mol. The number of hydrogen-bond acceptors (Lipinski definition) is 3. The van der Waals surface area contributed by atoms with E-state index in [1.807, 2.05) is 25.1 Å². The van der Waals surface area contributed by atoms with Crippen molar-refractivity contribution in [2.75, 3.05) is 6.54 Å². The number of primary amides is 1. The Morgan fingerprint density at radius 1 is 1.30 bits per heavy atom. The van der Waals surface area contributed by atoms with Crippen molar-refractivity contribution in [1.82, 2.24) is 10.2 Å². The van der Waals surface area contributed by atoms with E-state index in [4.69, 9.17) is 17.3 Å². The van der Waals surface area contributed by atoms with Crippen LogP contribution in [0.2, 0.25) is 4.34 Å². The van der Waals surface area contributed by atoms with Gasteiger partial charge in [0.2, 0.25) is 5.91 Å². The minimum Gasteiger partial charge on any atom is -0.366 e. The average molecular weight is 352 g/mol. The fraction of sp³-hybridized carbons (Fsp3) is 0.250. The number of carbonyl (C=O) groups excluding carboxylic acids is 2. The van der Waals surface area contributed by atoms with Gasteiger partial charge in [-0.3, -0.25) is 4.79 Å². The van der Waals surface area contributed by atoms with Crippen LogP contribution in [-0.2, 0) is 13.1 Å². The topological polar surface area (TPSA) is 75.4 Å². The van der Waals surface area contributed by atoms with E-state index < -0.39 is 5.91 Å². The highest BCUT2D eigenvalue weighted by Gasteiger charge is 2.13. The van der Waals surface area contributed by atoms with E-state index >= 15 is 0 Å². The molecule has 0 atom stereocenters. The van der Waals surface area contributed by atoms with Gasteiger partial charge in [-0.2, -0.15) is 0 Å². The van der Waals surface area contributed by atoms with Gasteiger partial charge in [-0.05, 0) is 36.8 Å². The first-order valence-corrected chi connectivity index (χ1v) is 8.34. The molecule has 0 aliphatic heterocycles. The summed E-state index contributed by atoms with van der Waals surface area (Å²) >= 11 is 7.37. The maximum atomic E-state index is 12.3. The lowest BCUT2D eigenvalue weighted by Gasteiger charge is -2.20. The van der Waals surface area contributed by atoms with Crippen molar-refractivity contribution < 1.29 is 9.59 Å². The molecule has 1 aromatic carbocycles. The van der Waals surface area contributed by atoms with Crippen LogP contribution in [0.25, 0.3) is 0 Å². The van der Waals surface area contributed by atoms with Gasteiger partial charge in [0, 0.05) is 23.5 Å². The Kier molecular flexibility index (Phi) is 6.01. The number of benzene rings is 1. The van der Waals surface area contributed by atoms with E-state index in [-0.39, 0.29) is 6.03 Å². The van der Waals surface area contributed by atoms with Gasteiger partial charge in [0.25, 0.3) is 0 Å². The van der Waals surface area contributed by atoms with Crippen molar-refractivity contribution >= 4 is 34.9 Å². The van der Waals surface area contributed by atoms with Gasteiger partial charge in [-0.15, -0.1) is 11.3 Å². The van der Waals surface area contributed by atoms with E-state index in [2.05, 4.69) is 5.32 Å². The fourth-order valence-corrected chi connectivity index (χ4v) is 3.18. The first kappa shape index (κ1) is 17.3. The Morgan fingerprint density at radius 2 is 2.09 bits per heavy atom. The third kappa shape index (κ3) is 4.97. The van der Waals surface area contributed by atoms with Crippen LogP contribution >= 0.6 is 22.9 Å². The molecule has 0 spiro atoms. The molecule has 1 aromatic heterocycles. The summed E-state index contributed by atoms with van der Waals surface area (Å²) in [5.74, 6) is -0.483. The minimum absolute atomic E-state index is 0.165. The van der Waals surface area contributed by atoms with Crippen LogP contribution < -0.4 is 11.1 Å². The lowest BCUT2D eigenvalue weighted by atomic mass is 10.1. The molecule has 23 heavy (non-hydrogen) atoms. The minimum atomic E-state index is -0.483. The number of rotatable bonds is 6. The zero-order valence-electron chi connectivity index (χ0n) is 12.7. The third-order valence-electron chi connectivity index (χ3n) is 3.30. The molecule has 2 rings (SSSR count). The highest BCUT2D eigenvalue weighted by Crippen LogP contribution is 2.22. The molecule has 2 aromatic rings. The largest absolute Gasteiger partial charge is 0.366 e. The second-order valence-electron chi connectivity index (χ2n) is 4.94. The standard InChI is InChI=1S/C16H18ClN3O2S/c1-2-20(10-13-6-7-14(17)23-13)16(22)19-9-11-4-3-5-12(8-11)15(18)21/h3-8H,2,9-10H2,1H3,(H2,18,21)(H,19,22). The fourth-order valence-electron chi connectivity index (χ4n) is 2.08. The van der Waals surface area contributed by atoms with Gasteiger partial charge in [0.15, 0.2) is 0 Å². The maximum absolute atomic E-state index is 12.3. The summed E-state index contributed by atoms with van der Waals surface area (Å²) in [6, 6.07) is 10.5. The Hall–Kier alpha value is -2.05. The predicted octanol–water partition coefficient (Wildman–Crippen LogP) is 3.23. The number of hydrogen-bond donors (Lipinski definition) is 2. The van der Waals surface area contributed by atoms with Crippen molar-refractivity contribution in [2.45, 2.75) is 20.0 Å². The number of halogens is 1. The summed E-state index contributed by atoms with van der Waals surface area (Å²) in [5.41, 5.74) is 6.50. The summed E-state index contributed by atoms with van der Waals surface area (Å²) in [5, 5.41) is 2.85. The number of nitrogens with one attached hydrogen (secondary N) is 1. The van der Waals surface area contributed by atoms with Gasteiger partial charge >= 0.3 is 6.03 Å². The van der Waals surface area contributed by atoms with Crippen LogP contribution in [-0.4, -0.2) is 23.4 Å². The predicted molar refractivity (Wildman–Crippen MR) is 92.6 cm³/mol. The smallest absolute Gasteiger partial charge is 0.317 e. The highest BCUT2D eigenvalue weighted by molar-refractivity contribution is 7.16. The van der Waals surface area contributed by atoms with E-state index in [0.717, 1.165) is 10.4 Å². The highest BCUT2D eigenvalue weighted by atomic mass is 35.5. The summed E-state index contributed by atoms with van der Waals surface area (Å²) < 4.78 is 0.708. The zero-order valence-corrected chi connectivity index (χ0v) is 14.3. The van der Waals surface area contributed by atoms with Crippen LogP contribution in [0, 0.1) is 0 Å². The van der Waals surface area contributed by atoms with Crippen molar-refractivity contribution in [2.24, 2.45) is 5.73 Å². The maximum Gasteiger partial charge on any atom is 0.317 e. The normalized spacial score (nSPS) is 10.3. The van der Waals surface area contributed by atoms with Crippen molar-refractivity contribution in [3.8, 4) is 0 Å². The quantitative estimate of drug-likeness (QED) is 0.838. The molecular formula is C16H18ClN3O2S. The first-order valence-electron chi connectivity index (χ1n) is 7.15. The Bertz CT molecular complexity index is 702. The number of carbonyl (C=O) groups is 2. The summed E-state index contributed by atoms with van der Waals surface area (Å²) in [6.07, 6.45) is 0. The molecule has 5 nitrogen and oxygen atoms in total. The molecule has 1 heterocycles. The lowest BCUT2D eigenvalue weighted by Crippen LogP contribution is -2.38. The monoisotopic (exact) mass is 351 g/mol. The zero-order chi connectivity index (χ0) is 16.8. The number of amides is 3. The number of nitrogens with two attached hydrogens (primary N) is 1. The van der Waals surface area contributed by atoms with Crippen LogP contribution in [0.1, 0.15) is 27.7 Å². The number of nitrogens with zero attached hydrogens (tertiary/aromatic N) is 1. The summed E-state index contributed by atoms with van der Waals surface area (Å²) in [4.78, 5) is 26.2. The second-order valence-corrected chi connectivity index (χ2v) is 6.74. The lowest BCUT2D eigenvalue weighted by molar-refractivity contribution is 0.1000. The molecule has 0 unspecified atom stereocenters. The Morgan fingerprint density at radius 3 is 2.70 bits per heavy atom. The van der Waals surface area contributed by atoms with E-state index in [0.29, 0.717) is 29.5 Å². The average Bonchev–Trinajstić information content (AvgIpc) is 2.95. The van der Waals surface area contributed by atoms with Crippen LogP contribution in [0.3, 0.4) is 0 Å². The van der Waals surface area contributed by atoms with E-state index in [1.54, 1.807) is 23.1 Å². The third-order valence-corrected chi connectivity index (χ3v) is 4.52. The van der Waals surface area contributed by atoms with Crippen molar-refractivity contribution in [3.63, 3.8) is 0 Å². The molecule has 122 valence electrons. The molecule has 0 aliphatic carbocycles. The molecule has 0 saturated carbocycles. The number of urea groups is 1. The molecule has 0 fully saturated rings. The van der Waals surface area contributed by atoms with Gasteiger partial charge in [-0.25, -0.2) is 4.79 Å². The van der Waals surface area contributed by atoms with Gasteiger partial charge < -0.3 is 16.0 Å². The molecule has 3 amide bonds.